The van der Waals surface area contributed by atoms with Crippen LogP contribution in [0.3, 0.4) is 0 Å². The van der Waals surface area contributed by atoms with E-state index in [1.807, 2.05) is 6.92 Å². The van der Waals surface area contributed by atoms with Crippen molar-refractivity contribution in [2.24, 2.45) is 0 Å². The number of fused-ring (bicyclic) bond motifs is 1. The molecule has 0 saturated carbocycles. The molecule has 1 aliphatic rings. The average molecular weight is 205 g/mol. The second kappa shape index (κ2) is 2.75. The molecule has 1 unspecified atom stereocenters. The number of nitrogens with zero attached hydrogens (tertiary/aromatic N) is 2. The highest BCUT2D eigenvalue weighted by molar-refractivity contribution is 6.32. The standard InChI is InChI=1S/C7H6Cl2N2O/c1-3-2-12-6-4(3)5(8)10-7(9)11-6/h3H,2H2,1H3. The number of rotatable bonds is 0. The molecular formula is C7H6Cl2N2O. The summed E-state index contributed by atoms with van der Waals surface area (Å²) in [5.41, 5.74) is 0.862. The molecule has 5 heteroatoms. The topological polar surface area (TPSA) is 35.0 Å². The van der Waals surface area contributed by atoms with E-state index in [1.165, 1.54) is 0 Å². The highest BCUT2D eigenvalue weighted by atomic mass is 35.5. The lowest BCUT2D eigenvalue weighted by atomic mass is 10.1. The number of aromatic nitrogens is 2. The van der Waals surface area contributed by atoms with Crippen LogP contribution in [0.2, 0.25) is 10.4 Å². The maximum absolute atomic E-state index is 5.85. The minimum absolute atomic E-state index is 0.132. The Labute approximate surface area is 79.7 Å². The maximum atomic E-state index is 5.85. The molecule has 0 spiro atoms. The summed E-state index contributed by atoms with van der Waals surface area (Å²) in [7, 11) is 0. The summed E-state index contributed by atoms with van der Waals surface area (Å²) in [5, 5.41) is 0.530. The molecule has 1 aliphatic heterocycles. The van der Waals surface area contributed by atoms with Crippen molar-refractivity contribution in [3.05, 3.63) is 16.0 Å². The van der Waals surface area contributed by atoms with Crippen LogP contribution in [0.1, 0.15) is 18.4 Å². The molecule has 1 aromatic rings. The van der Waals surface area contributed by atoms with E-state index in [0.717, 1.165) is 5.56 Å². The average Bonchev–Trinajstić information content (AvgIpc) is 2.31. The van der Waals surface area contributed by atoms with Gasteiger partial charge in [-0.05, 0) is 11.6 Å². The minimum atomic E-state index is 0.132. The Morgan fingerprint density at radius 3 is 2.92 bits per heavy atom. The van der Waals surface area contributed by atoms with Gasteiger partial charge in [-0.3, -0.25) is 0 Å². The highest BCUT2D eigenvalue weighted by Gasteiger charge is 2.26. The van der Waals surface area contributed by atoms with Crippen LogP contribution in [0, 0.1) is 0 Å². The number of halogens is 2. The maximum Gasteiger partial charge on any atom is 0.227 e. The lowest BCUT2D eigenvalue weighted by Crippen LogP contribution is -1.94. The molecule has 0 saturated heterocycles. The van der Waals surface area contributed by atoms with Gasteiger partial charge in [-0.15, -0.1) is 0 Å². The van der Waals surface area contributed by atoms with Crippen LogP contribution in [-0.4, -0.2) is 16.6 Å². The van der Waals surface area contributed by atoms with E-state index in [2.05, 4.69) is 9.97 Å². The van der Waals surface area contributed by atoms with Crippen molar-refractivity contribution in [1.82, 2.24) is 9.97 Å². The number of ether oxygens (including phenoxy) is 1. The zero-order valence-corrected chi connectivity index (χ0v) is 7.85. The molecule has 1 aromatic heterocycles. The monoisotopic (exact) mass is 204 g/mol. The lowest BCUT2D eigenvalue weighted by molar-refractivity contribution is 0.327. The first-order valence-electron chi connectivity index (χ1n) is 3.54. The summed E-state index contributed by atoms with van der Waals surface area (Å²) in [6.45, 7) is 2.61. The predicted molar refractivity (Wildman–Crippen MR) is 46.0 cm³/mol. The zero-order valence-electron chi connectivity index (χ0n) is 6.34. The SMILES string of the molecule is CC1COc2nc(Cl)nc(Cl)c21. The summed E-state index contributed by atoms with van der Waals surface area (Å²) in [5.74, 6) is 0.775. The van der Waals surface area contributed by atoms with E-state index in [-0.39, 0.29) is 11.2 Å². The third-order valence-corrected chi connectivity index (χ3v) is 2.26. The van der Waals surface area contributed by atoms with Crippen LogP contribution in [-0.2, 0) is 0 Å². The highest BCUT2D eigenvalue weighted by Crippen LogP contribution is 2.36. The van der Waals surface area contributed by atoms with E-state index >= 15 is 0 Å². The van der Waals surface area contributed by atoms with E-state index < -0.39 is 0 Å². The molecule has 2 rings (SSSR count). The largest absolute Gasteiger partial charge is 0.477 e. The van der Waals surface area contributed by atoms with Crippen molar-refractivity contribution in [2.45, 2.75) is 12.8 Å². The minimum Gasteiger partial charge on any atom is -0.477 e. The van der Waals surface area contributed by atoms with Gasteiger partial charge in [0.25, 0.3) is 0 Å². The van der Waals surface area contributed by atoms with Crippen molar-refractivity contribution >= 4 is 23.2 Å². The van der Waals surface area contributed by atoms with Gasteiger partial charge in [-0.1, -0.05) is 18.5 Å². The molecule has 0 fully saturated rings. The van der Waals surface area contributed by atoms with Crippen LogP contribution in [0.25, 0.3) is 0 Å². The van der Waals surface area contributed by atoms with E-state index in [0.29, 0.717) is 17.6 Å². The van der Waals surface area contributed by atoms with Crippen LogP contribution in [0.5, 0.6) is 5.88 Å². The molecular weight excluding hydrogens is 199 g/mol. The van der Waals surface area contributed by atoms with Crippen LogP contribution in [0.4, 0.5) is 0 Å². The smallest absolute Gasteiger partial charge is 0.227 e. The third-order valence-electron chi connectivity index (χ3n) is 1.80. The van der Waals surface area contributed by atoms with E-state index in [1.54, 1.807) is 0 Å². The quantitative estimate of drug-likeness (QED) is 0.481. The van der Waals surface area contributed by atoms with Gasteiger partial charge in [0.05, 0.1) is 12.2 Å². The van der Waals surface area contributed by atoms with Gasteiger partial charge in [0.2, 0.25) is 11.2 Å². The van der Waals surface area contributed by atoms with Crippen molar-refractivity contribution in [1.29, 1.82) is 0 Å². The Morgan fingerprint density at radius 1 is 1.42 bits per heavy atom. The van der Waals surface area contributed by atoms with Gasteiger partial charge in [0, 0.05) is 5.92 Å². The summed E-state index contributed by atoms with van der Waals surface area (Å²) in [4.78, 5) is 7.75. The first-order chi connectivity index (χ1) is 5.68. The van der Waals surface area contributed by atoms with E-state index in [9.17, 15) is 0 Å². The Hall–Kier alpha value is -0.540. The Balaban J connectivity index is 2.60. The summed E-state index contributed by atoms with van der Waals surface area (Å²) < 4.78 is 5.25. The summed E-state index contributed by atoms with van der Waals surface area (Å²) in [6, 6.07) is 0. The molecule has 1 atom stereocenters. The Morgan fingerprint density at radius 2 is 2.17 bits per heavy atom. The molecule has 3 nitrogen and oxygen atoms in total. The fourth-order valence-corrected chi connectivity index (χ4v) is 1.76. The van der Waals surface area contributed by atoms with Crippen molar-refractivity contribution < 1.29 is 4.74 Å². The van der Waals surface area contributed by atoms with Gasteiger partial charge in [-0.2, -0.15) is 4.98 Å². The molecule has 0 bridgehead atoms. The fourth-order valence-electron chi connectivity index (χ4n) is 1.21. The summed E-state index contributed by atoms with van der Waals surface area (Å²) >= 11 is 11.4. The van der Waals surface area contributed by atoms with Crippen molar-refractivity contribution in [3.8, 4) is 5.88 Å². The molecule has 0 radical (unpaired) electrons. The molecule has 0 N–H and O–H groups in total. The number of hydrogen-bond donors (Lipinski definition) is 0. The van der Waals surface area contributed by atoms with Gasteiger partial charge in [0.15, 0.2) is 0 Å². The molecule has 0 aliphatic carbocycles. The van der Waals surface area contributed by atoms with Crippen molar-refractivity contribution in [3.63, 3.8) is 0 Å². The van der Waals surface area contributed by atoms with Crippen molar-refractivity contribution in [2.75, 3.05) is 6.61 Å². The van der Waals surface area contributed by atoms with Crippen LogP contribution >= 0.6 is 23.2 Å². The third kappa shape index (κ3) is 1.13. The molecule has 2 heterocycles. The van der Waals surface area contributed by atoms with Crippen LogP contribution < -0.4 is 4.74 Å². The van der Waals surface area contributed by atoms with Crippen LogP contribution in [0.15, 0.2) is 0 Å². The Bertz CT molecular complexity index is 329. The Kier molecular flexibility index (Phi) is 1.85. The summed E-state index contributed by atoms with van der Waals surface area (Å²) in [6.07, 6.45) is 0. The zero-order chi connectivity index (χ0) is 8.72. The molecule has 12 heavy (non-hydrogen) atoms. The lowest BCUT2D eigenvalue weighted by Gasteiger charge is -2.01. The molecule has 0 amide bonds. The van der Waals surface area contributed by atoms with Gasteiger partial charge in [-0.25, -0.2) is 4.98 Å². The number of hydrogen-bond acceptors (Lipinski definition) is 3. The van der Waals surface area contributed by atoms with Gasteiger partial charge in [0.1, 0.15) is 5.15 Å². The fraction of sp³-hybridized carbons (Fsp3) is 0.429. The molecule has 0 aromatic carbocycles. The van der Waals surface area contributed by atoms with Gasteiger partial charge >= 0.3 is 0 Å². The molecule has 64 valence electrons. The normalized spacial score (nSPS) is 20.4. The first-order valence-corrected chi connectivity index (χ1v) is 4.30. The second-order valence-corrected chi connectivity index (χ2v) is 3.41. The predicted octanol–water partition coefficient (Wildman–Crippen LogP) is 2.28. The van der Waals surface area contributed by atoms with E-state index in [4.69, 9.17) is 27.9 Å². The van der Waals surface area contributed by atoms with Gasteiger partial charge < -0.3 is 4.74 Å². The second-order valence-electron chi connectivity index (χ2n) is 2.71. The first kappa shape index (κ1) is 8.08.